The molecule has 0 radical (unpaired) electrons. The number of benzene rings is 3. The lowest BCUT2D eigenvalue weighted by Crippen LogP contribution is -2.34. The SMILES string of the molecule is COc1ccc(C(=O)NCC(=O)N/N=C\c2cccc(Oc3ccc([N+](=O)[O-])cc3[N+](=O)[O-])c2)cc1OC. The van der Waals surface area contributed by atoms with Crippen LogP contribution < -0.4 is 25.0 Å². The van der Waals surface area contributed by atoms with Crippen molar-refractivity contribution in [1.29, 1.82) is 0 Å². The number of amides is 2. The van der Waals surface area contributed by atoms with E-state index in [1.807, 2.05) is 0 Å². The third-order valence-electron chi connectivity index (χ3n) is 4.89. The van der Waals surface area contributed by atoms with Gasteiger partial charge in [-0.05, 0) is 42.0 Å². The van der Waals surface area contributed by atoms with Crippen LogP contribution in [0.5, 0.6) is 23.0 Å². The summed E-state index contributed by atoms with van der Waals surface area (Å²) in [6, 6.07) is 13.8. The van der Waals surface area contributed by atoms with Gasteiger partial charge in [0.2, 0.25) is 5.75 Å². The first kappa shape index (κ1) is 27.1. The first-order valence-electron chi connectivity index (χ1n) is 10.7. The van der Waals surface area contributed by atoms with Crippen LogP contribution in [0.3, 0.4) is 0 Å². The van der Waals surface area contributed by atoms with E-state index in [0.29, 0.717) is 17.1 Å². The van der Waals surface area contributed by atoms with Gasteiger partial charge in [0, 0.05) is 11.6 Å². The zero-order valence-electron chi connectivity index (χ0n) is 20.1. The van der Waals surface area contributed by atoms with Crippen LogP contribution in [0.15, 0.2) is 65.8 Å². The Morgan fingerprint density at radius 2 is 1.66 bits per heavy atom. The Morgan fingerprint density at radius 3 is 2.34 bits per heavy atom. The first-order chi connectivity index (χ1) is 18.2. The number of carbonyl (C=O) groups is 2. The Kier molecular flexibility index (Phi) is 8.86. The molecule has 0 saturated heterocycles. The number of hydrogen-bond donors (Lipinski definition) is 2. The first-order valence-corrected chi connectivity index (χ1v) is 10.7. The molecule has 3 aromatic rings. The average molecular weight is 523 g/mol. The number of non-ortho nitro benzene ring substituents is 1. The summed E-state index contributed by atoms with van der Waals surface area (Å²) >= 11 is 0. The number of carbonyl (C=O) groups excluding carboxylic acids is 2. The number of ether oxygens (including phenoxy) is 3. The van der Waals surface area contributed by atoms with Gasteiger partial charge in [-0.15, -0.1) is 0 Å². The summed E-state index contributed by atoms with van der Waals surface area (Å²) in [6.45, 7) is -0.350. The van der Waals surface area contributed by atoms with Crippen molar-refractivity contribution in [2.75, 3.05) is 20.8 Å². The molecule has 14 nitrogen and oxygen atoms in total. The minimum atomic E-state index is -0.785. The Morgan fingerprint density at radius 1 is 0.921 bits per heavy atom. The van der Waals surface area contributed by atoms with Gasteiger partial charge in [0.25, 0.3) is 17.5 Å². The lowest BCUT2D eigenvalue weighted by atomic mass is 10.2. The Balaban J connectivity index is 1.58. The zero-order chi connectivity index (χ0) is 27.7. The highest BCUT2D eigenvalue weighted by Gasteiger charge is 2.21. The van der Waals surface area contributed by atoms with Crippen LogP contribution >= 0.6 is 0 Å². The van der Waals surface area contributed by atoms with Crippen molar-refractivity contribution in [3.05, 3.63) is 92.0 Å². The van der Waals surface area contributed by atoms with Crippen molar-refractivity contribution >= 4 is 29.4 Å². The third-order valence-corrected chi connectivity index (χ3v) is 4.89. The molecule has 3 rings (SSSR count). The maximum Gasteiger partial charge on any atom is 0.318 e. The van der Waals surface area contributed by atoms with E-state index < -0.39 is 33.0 Å². The quantitative estimate of drug-likeness (QED) is 0.216. The van der Waals surface area contributed by atoms with E-state index in [0.717, 1.165) is 18.2 Å². The molecule has 0 unspecified atom stereocenters. The molecule has 0 bridgehead atoms. The molecule has 196 valence electrons. The van der Waals surface area contributed by atoms with E-state index in [1.54, 1.807) is 18.2 Å². The molecule has 2 N–H and O–H groups in total. The molecule has 0 heterocycles. The summed E-state index contributed by atoms with van der Waals surface area (Å²) in [5.74, 6) is -0.271. The molecule has 0 aliphatic heterocycles. The summed E-state index contributed by atoms with van der Waals surface area (Å²) in [4.78, 5) is 45.0. The molecule has 0 saturated carbocycles. The minimum absolute atomic E-state index is 0.187. The lowest BCUT2D eigenvalue weighted by Gasteiger charge is -2.09. The van der Waals surface area contributed by atoms with Crippen LogP contribution in [0.2, 0.25) is 0 Å². The number of nitro benzene ring substituents is 2. The van der Waals surface area contributed by atoms with Gasteiger partial charge in [-0.25, -0.2) is 5.43 Å². The summed E-state index contributed by atoms with van der Waals surface area (Å²) in [5, 5.41) is 28.5. The summed E-state index contributed by atoms with van der Waals surface area (Å²) in [5.41, 5.74) is 1.99. The molecule has 0 aliphatic carbocycles. The molecular formula is C24H21N5O9. The molecule has 0 aliphatic rings. The highest BCUT2D eigenvalue weighted by atomic mass is 16.6. The van der Waals surface area contributed by atoms with Crippen LogP contribution in [0, 0.1) is 20.2 Å². The van der Waals surface area contributed by atoms with Crippen molar-refractivity contribution in [3.63, 3.8) is 0 Å². The van der Waals surface area contributed by atoms with E-state index in [-0.39, 0.29) is 23.6 Å². The fourth-order valence-electron chi connectivity index (χ4n) is 3.09. The van der Waals surface area contributed by atoms with Crippen molar-refractivity contribution in [2.24, 2.45) is 5.10 Å². The standard InChI is InChI=1S/C24H21N5O9/c1-36-21-8-6-16(11-22(21)37-2)24(31)25-14-23(30)27-26-13-15-4-3-5-18(10-15)38-20-9-7-17(28(32)33)12-19(20)29(34)35/h3-13H,14H2,1-2H3,(H,25,31)(H,27,30)/b26-13-. The van der Waals surface area contributed by atoms with Gasteiger partial charge in [0.05, 0.1) is 42.9 Å². The molecule has 0 aromatic heterocycles. The monoisotopic (exact) mass is 523 g/mol. The topological polar surface area (TPSA) is 185 Å². The molecular weight excluding hydrogens is 502 g/mol. The van der Waals surface area contributed by atoms with Crippen molar-refractivity contribution in [2.45, 2.75) is 0 Å². The van der Waals surface area contributed by atoms with Gasteiger partial charge in [-0.3, -0.25) is 29.8 Å². The second-order valence-corrected chi connectivity index (χ2v) is 7.39. The van der Waals surface area contributed by atoms with Crippen molar-refractivity contribution < 1.29 is 33.6 Å². The van der Waals surface area contributed by atoms with E-state index in [1.165, 1.54) is 44.7 Å². The largest absolute Gasteiger partial charge is 0.493 e. The summed E-state index contributed by atoms with van der Waals surface area (Å²) < 4.78 is 15.8. The van der Waals surface area contributed by atoms with Gasteiger partial charge in [0.1, 0.15) is 5.75 Å². The van der Waals surface area contributed by atoms with E-state index in [2.05, 4.69) is 15.8 Å². The van der Waals surface area contributed by atoms with Crippen molar-refractivity contribution in [1.82, 2.24) is 10.7 Å². The molecule has 2 amide bonds. The van der Waals surface area contributed by atoms with Crippen LogP contribution in [-0.4, -0.2) is 48.6 Å². The highest BCUT2D eigenvalue weighted by molar-refractivity contribution is 5.97. The molecule has 0 atom stereocenters. The van der Waals surface area contributed by atoms with E-state index in [9.17, 15) is 29.8 Å². The number of rotatable bonds is 11. The Hall–Kier alpha value is -5.53. The fraction of sp³-hybridized carbons (Fsp3) is 0.125. The fourth-order valence-corrected chi connectivity index (χ4v) is 3.09. The molecule has 14 heteroatoms. The predicted molar refractivity (Wildman–Crippen MR) is 134 cm³/mol. The smallest absolute Gasteiger partial charge is 0.318 e. The predicted octanol–water partition coefficient (Wildman–Crippen LogP) is 3.19. The van der Waals surface area contributed by atoms with E-state index >= 15 is 0 Å². The van der Waals surface area contributed by atoms with Crippen molar-refractivity contribution in [3.8, 4) is 23.0 Å². The van der Waals surface area contributed by atoms with Gasteiger partial charge in [-0.1, -0.05) is 12.1 Å². The summed E-state index contributed by atoms with van der Waals surface area (Å²) in [7, 11) is 2.91. The highest BCUT2D eigenvalue weighted by Crippen LogP contribution is 2.34. The number of nitrogens with zero attached hydrogens (tertiary/aromatic N) is 3. The molecule has 0 fully saturated rings. The van der Waals surface area contributed by atoms with Crippen LogP contribution in [0.4, 0.5) is 11.4 Å². The van der Waals surface area contributed by atoms with Gasteiger partial charge in [0.15, 0.2) is 11.5 Å². The minimum Gasteiger partial charge on any atom is -0.493 e. The van der Waals surface area contributed by atoms with E-state index in [4.69, 9.17) is 14.2 Å². The molecule has 3 aromatic carbocycles. The number of hydrogen-bond acceptors (Lipinski definition) is 10. The van der Waals surface area contributed by atoms with Crippen LogP contribution in [0.25, 0.3) is 0 Å². The number of hydrazone groups is 1. The van der Waals surface area contributed by atoms with Gasteiger partial charge >= 0.3 is 5.69 Å². The van der Waals surface area contributed by atoms with Gasteiger partial charge in [-0.2, -0.15) is 5.10 Å². The Labute approximate surface area is 215 Å². The molecule has 0 spiro atoms. The maximum atomic E-state index is 12.3. The third kappa shape index (κ3) is 7.00. The zero-order valence-corrected chi connectivity index (χ0v) is 20.1. The van der Waals surface area contributed by atoms with Gasteiger partial charge < -0.3 is 19.5 Å². The maximum absolute atomic E-state index is 12.3. The average Bonchev–Trinajstić information content (AvgIpc) is 2.91. The summed E-state index contributed by atoms with van der Waals surface area (Å²) in [6.07, 6.45) is 1.30. The number of nitrogens with one attached hydrogen (secondary N) is 2. The molecule has 38 heavy (non-hydrogen) atoms. The number of nitro groups is 2. The normalized spacial score (nSPS) is 10.5. The van der Waals surface area contributed by atoms with Crippen LogP contribution in [0.1, 0.15) is 15.9 Å². The lowest BCUT2D eigenvalue weighted by molar-refractivity contribution is -0.394. The second-order valence-electron chi connectivity index (χ2n) is 7.39. The Bertz CT molecular complexity index is 1410. The van der Waals surface area contributed by atoms with Crippen LogP contribution in [-0.2, 0) is 4.79 Å². The second kappa shape index (κ2) is 12.4. The number of methoxy groups -OCH3 is 2.